The highest BCUT2D eigenvalue weighted by Gasteiger charge is 2.19. The van der Waals surface area contributed by atoms with E-state index >= 15 is 0 Å². The molecule has 134 valence electrons. The summed E-state index contributed by atoms with van der Waals surface area (Å²) < 4.78 is 5.19. The van der Waals surface area contributed by atoms with Crippen molar-refractivity contribution in [2.24, 2.45) is 0 Å². The Morgan fingerprint density at radius 3 is 2.48 bits per heavy atom. The van der Waals surface area contributed by atoms with Crippen LogP contribution in [0, 0.1) is 0 Å². The maximum Gasteiger partial charge on any atom is 0.322 e. The summed E-state index contributed by atoms with van der Waals surface area (Å²) in [5, 5.41) is 3.04. The Labute approximate surface area is 154 Å². The first-order chi connectivity index (χ1) is 12.1. The van der Waals surface area contributed by atoms with Crippen LogP contribution in [0.1, 0.15) is 19.4 Å². The minimum Gasteiger partial charge on any atom is -0.497 e. The van der Waals surface area contributed by atoms with Gasteiger partial charge in [0, 0.05) is 17.5 Å². The maximum absolute atomic E-state index is 12.7. The van der Waals surface area contributed by atoms with Crippen LogP contribution in [0.15, 0.2) is 53.4 Å². The zero-order valence-corrected chi connectivity index (χ0v) is 16.1. The fourth-order valence-electron chi connectivity index (χ4n) is 2.80. The predicted molar refractivity (Wildman–Crippen MR) is 106 cm³/mol. The second-order valence-corrected chi connectivity index (χ2v) is 6.67. The molecule has 1 unspecified atom stereocenters. The number of para-hydroxylation sites is 1. The highest BCUT2D eigenvalue weighted by Crippen LogP contribution is 2.25. The molecule has 2 rings (SSSR count). The van der Waals surface area contributed by atoms with Crippen LogP contribution in [-0.2, 0) is 6.42 Å². The number of amides is 2. The minimum absolute atomic E-state index is 0.0648. The van der Waals surface area contributed by atoms with Gasteiger partial charge < -0.3 is 15.0 Å². The number of thioether (sulfide) groups is 1. The van der Waals surface area contributed by atoms with E-state index in [-0.39, 0.29) is 12.1 Å². The summed E-state index contributed by atoms with van der Waals surface area (Å²) in [7, 11) is 1.66. The van der Waals surface area contributed by atoms with Crippen LogP contribution in [-0.4, -0.2) is 36.9 Å². The summed E-state index contributed by atoms with van der Waals surface area (Å²) in [5.41, 5.74) is 2.04. The third-order valence-corrected chi connectivity index (χ3v) is 4.97. The lowest BCUT2D eigenvalue weighted by Crippen LogP contribution is -2.42. The Kier molecular flexibility index (Phi) is 7.19. The molecule has 0 heterocycles. The van der Waals surface area contributed by atoms with Crippen molar-refractivity contribution in [3.63, 3.8) is 0 Å². The molecule has 4 nitrogen and oxygen atoms in total. The van der Waals surface area contributed by atoms with E-state index in [0.717, 1.165) is 22.8 Å². The Bertz CT molecular complexity index is 688. The van der Waals surface area contributed by atoms with Gasteiger partial charge in [0.1, 0.15) is 5.75 Å². The van der Waals surface area contributed by atoms with E-state index in [1.807, 2.05) is 66.6 Å². The number of ether oxygens (including phenoxy) is 1. The number of likely N-dealkylation sites (N-methyl/N-ethyl adjacent to an activating group) is 1. The standard InChI is InChI=1S/C20H26N2O2S/c1-5-22(15(2)14-16-10-12-17(24-3)13-11-16)20(23)21-18-8-6-7-9-19(18)25-4/h6-13,15H,5,14H2,1-4H3,(H,21,23). The molecule has 0 aromatic heterocycles. The highest BCUT2D eigenvalue weighted by atomic mass is 32.2. The number of hydrogen-bond acceptors (Lipinski definition) is 3. The summed E-state index contributed by atoms with van der Waals surface area (Å²) >= 11 is 1.63. The quantitative estimate of drug-likeness (QED) is 0.716. The van der Waals surface area contributed by atoms with E-state index in [1.165, 1.54) is 5.56 Å². The summed E-state index contributed by atoms with van der Waals surface area (Å²) in [6.07, 6.45) is 2.81. The van der Waals surface area contributed by atoms with E-state index in [2.05, 4.69) is 12.2 Å². The number of nitrogens with zero attached hydrogens (tertiary/aromatic N) is 1. The molecule has 0 radical (unpaired) electrons. The summed E-state index contributed by atoms with van der Waals surface area (Å²) in [5.74, 6) is 0.843. The number of carbonyl (C=O) groups excluding carboxylic acids is 1. The van der Waals surface area contributed by atoms with Crippen molar-refractivity contribution in [1.29, 1.82) is 0 Å². The van der Waals surface area contributed by atoms with Crippen LogP contribution in [0.4, 0.5) is 10.5 Å². The third-order valence-electron chi connectivity index (χ3n) is 4.17. The molecule has 2 amide bonds. The largest absolute Gasteiger partial charge is 0.497 e. The third kappa shape index (κ3) is 5.16. The molecule has 0 spiro atoms. The van der Waals surface area contributed by atoms with Crippen molar-refractivity contribution in [2.45, 2.75) is 31.2 Å². The second-order valence-electron chi connectivity index (χ2n) is 5.82. The van der Waals surface area contributed by atoms with Crippen molar-refractivity contribution in [1.82, 2.24) is 4.90 Å². The van der Waals surface area contributed by atoms with Gasteiger partial charge >= 0.3 is 6.03 Å². The van der Waals surface area contributed by atoms with Gasteiger partial charge in [-0.1, -0.05) is 24.3 Å². The zero-order chi connectivity index (χ0) is 18.2. The fourth-order valence-corrected chi connectivity index (χ4v) is 3.36. The molecule has 2 aromatic carbocycles. The molecule has 0 aliphatic carbocycles. The van der Waals surface area contributed by atoms with Crippen LogP contribution in [0.3, 0.4) is 0 Å². The second kappa shape index (κ2) is 9.37. The smallest absolute Gasteiger partial charge is 0.322 e. The number of methoxy groups -OCH3 is 1. The molecule has 25 heavy (non-hydrogen) atoms. The monoisotopic (exact) mass is 358 g/mol. The molecule has 0 aliphatic rings. The van der Waals surface area contributed by atoms with Gasteiger partial charge in [0.2, 0.25) is 0 Å². The van der Waals surface area contributed by atoms with Crippen LogP contribution >= 0.6 is 11.8 Å². The Morgan fingerprint density at radius 1 is 1.20 bits per heavy atom. The molecule has 0 saturated heterocycles. The van der Waals surface area contributed by atoms with E-state index < -0.39 is 0 Å². The molecular formula is C20H26N2O2S. The van der Waals surface area contributed by atoms with Crippen LogP contribution in [0.5, 0.6) is 5.75 Å². The number of urea groups is 1. The first kappa shape index (κ1) is 19.2. The Hall–Kier alpha value is -2.14. The van der Waals surface area contributed by atoms with Gasteiger partial charge in [0.05, 0.1) is 12.8 Å². The molecule has 2 aromatic rings. The van der Waals surface area contributed by atoms with E-state index in [1.54, 1.807) is 18.9 Å². The molecule has 0 aliphatic heterocycles. The Balaban J connectivity index is 2.04. The van der Waals surface area contributed by atoms with Gasteiger partial charge in [-0.05, 0) is 56.4 Å². The predicted octanol–water partition coefficient (Wildman–Crippen LogP) is 4.90. The molecule has 0 bridgehead atoms. The molecule has 0 saturated carbocycles. The SMILES string of the molecule is CCN(C(=O)Nc1ccccc1SC)C(C)Cc1ccc(OC)cc1. The van der Waals surface area contributed by atoms with E-state index in [4.69, 9.17) is 4.74 Å². The van der Waals surface area contributed by atoms with Crippen LogP contribution in [0.2, 0.25) is 0 Å². The first-order valence-electron chi connectivity index (χ1n) is 8.42. The van der Waals surface area contributed by atoms with E-state index in [9.17, 15) is 4.79 Å². The van der Waals surface area contributed by atoms with Crippen LogP contribution in [0.25, 0.3) is 0 Å². The molecule has 0 fully saturated rings. The zero-order valence-electron chi connectivity index (χ0n) is 15.3. The number of rotatable bonds is 7. The maximum atomic E-state index is 12.7. The average molecular weight is 359 g/mol. The van der Waals surface area contributed by atoms with Gasteiger partial charge in [0.15, 0.2) is 0 Å². The van der Waals surface area contributed by atoms with E-state index in [0.29, 0.717) is 6.54 Å². The molecule has 1 N–H and O–H groups in total. The lowest BCUT2D eigenvalue weighted by atomic mass is 10.1. The topological polar surface area (TPSA) is 41.6 Å². The van der Waals surface area contributed by atoms with Crippen molar-refractivity contribution < 1.29 is 9.53 Å². The lowest BCUT2D eigenvalue weighted by molar-refractivity contribution is 0.196. The summed E-state index contributed by atoms with van der Waals surface area (Å²) in [6.45, 7) is 4.74. The number of hydrogen-bond donors (Lipinski definition) is 1. The molecular weight excluding hydrogens is 332 g/mol. The fraction of sp³-hybridized carbons (Fsp3) is 0.350. The minimum atomic E-state index is -0.0648. The first-order valence-corrected chi connectivity index (χ1v) is 9.65. The van der Waals surface area contributed by atoms with Gasteiger partial charge in [-0.3, -0.25) is 0 Å². The van der Waals surface area contributed by atoms with Crippen molar-refractivity contribution >= 4 is 23.5 Å². The number of nitrogens with one attached hydrogen (secondary N) is 1. The molecule has 1 atom stereocenters. The van der Waals surface area contributed by atoms with Crippen molar-refractivity contribution in [3.05, 3.63) is 54.1 Å². The Morgan fingerprint density at radius 2 is 1.88 bits per heavy atom. The summed E-state index contributed by atoms with van der Waals surface area (Å²) in [4.78, 5) is 15.7. The average Bonchev–Trinajstić information content (AvgIpc) is 2.63. The van der Waals surface area contributed by atoms with Crippen molar-refractivity contribution in [3.8, 4) is 5.75 Å². The lowest BCUT2D eigenvalue weighted by Gasteiger charge is -2.28. The van der Waals surface area contributed by atoms with Crippen LogP contribution < -0.4 is 10.1 Å². The number of carbonyl (C=O) groups is 1. The van der Waals surface area contributed by atoms with Gasteiger partial charge in [0.25, 0.3) is 0 Å². The highest BCUT2D eigenvalue weighted by molar-refractivity contribution is 7.98. The summed E-state index contributed by atoms with van der Waals surface area (Å²) in [6, 6.07) is 15.9. The van der Waals surface area contributed by atoms with Gasteiger partial charge in [-0.2, -0.15) is 0 Å². The van der Waals surface area contributed by atoms with Crippen molar-refractivity contribution in [2.75, 3.05) is 25.2 Å². The number of benzene rings is 2. The van der Waals surface area contributed by atoms with Gasteiger partial charge in [-0.25, -0.2) is 4.79 Å². The number of anilines is 1. The molecule has 5 heteroatoms. The van der Waals surface area contributed by atoms with Gasteiger partial charge in [-0.15, -0.1) is 11.8 Å². The normalized spacial score (nSPS) is 11.7.